The van der Waals surface area contributed by atoms with Gasteiger partial charge >= 0.3 is 0 Å². The van der Waals surface area contributed by atoms with Gasteiger partial charge in [-0.3, -0.25) is 9.59 Å². The fraction of sp³-hybridized carbons (Fsp3) is 0.167. The minimum atomic E-state index is -0.529. The van der Waals surface area contributed by atoms with Crippen molar-refractivity contribution in [1.29, 1.82) is 0 Å². The van der Waals surface area contributed by atoms with Gasteiger partial charge in [0, 0.05) is 16.9 Å². The number of carbonyl (C=O) groups excluding carboxylic acids is 2. The van der Waals surface area contributed by atoms with Gasteiger partial charge < -0.3 is 4.90 Å². The van der Waals surface area contributed by atoms with Crippen molar-refractivity contribution >= 4 is 44.9 Å². The Labute approximate surface area is 112 Å². The topological polar surface area (TPSA) is 37.4 Å². The van der Waals surface area contributed by atoms with Crippen molar-refractivity contribution < 1.29 is 9.59 Å². The molecule has 0 aliphatic carbocycles. The lowest BCUT2D eigenvalue weighted by atomic mass is 10.1. The molecule has 5 heteroatoms. The van der Waals surface area contributed by atoms with Gasteiger partial charge in [0.15, 0.2) is 0 Å². The molecule has 2 rings (SSSR count). The van der Waals surface area contributed by atoms with Gasteiger partial charge in [0.25, 0.3) is 11.7 Å². The fourth-order valence-corrected chi connectivity index (χ4v) is 2.34. The van der Waals surface area contributed by atoms with Crippen molar-refractivity contribution in [3.05, 3.63) is 40.4 Å². The summed E-state index contributed by atoms with van der Waals surface area (Å²) in [5, 5.41) is 0. The third kappa shape index (κ3) is 2.03. The number of hydrogen-bond acceptors (Lipinski definition) is 2. The van der Waals surface area contributed by atoms with Crippen LogP contribution in [-0.4, -0.2) is 24.1 Å². The molecule has 0 N–H and O–H groups in total. The number of alkyl halides is 1. The number of carbonyl (C=O) groups is 2. The van der Waals surface area contributed by atoms with Gasteiger partial charge in [0.05, 0.1) is 11.3 Å². The highest BCUT2D eigenvalue weighted by atomic mass is 79.9. The number of ketones is 1. The Bertz CT molecular complexity index is 527. The van der Waals surface area contributed by atoms with Gasteiger partial charge in [0.2, 0.25) is 0 Å². The lowest BCUT2D eigenvalue weighted by Crippen LogP contribution is -2.31. The van der Waals surface area contributed by atoms with Crippen LogP contribution in [0.25, 0.3) is 0 Å². The Morgan fingerprint density at radius 2 is 2.12 bits per heavy atom. The summed E-state index contributed by atoms with van der Waals surface area (Å²) >= 11 is 8.92. The van der Waals surface area contributed by atoms with Crippen molar-refractivity contribution in [1.82, 2.24) is 0 Å². The Balaban J connectivity index is 2.45. The van der Waals surface area contributed by atoms with E-state index in [2.05, 4.69) is 22.5 Å². The number of amides is 1. The summed E-state index contributed by atoms with van der Waals surface area (Å²) in [5.41, 5.74) is 1.72. The van der Waals surface area contributed by atoms with Crippen molar-refractivity contribution in [2.45, 2.75) is 0 Å². The molecule has 0 unspecified atom stereocenters. The molecule has 0 fully saturated rings. The fourth-order valence-electron chi connectivity index (χ4n) is 1.72. The maximum absolute atomic E-state index is 11.8. The molecule has 1 aromatic rings. The Morgan fingerprint density at radius 1 is 1.41 bits per heavy atom. The number of nitrogens with zero attached hydrogens (tertiary/aromatic N) is 1. The molecule has 1 heterocycles. The average molecular weight is 315 g/mol. The molecule has 0 aromatic heterocycles. The first-order valence-corrected chi connectivity index (χ1v) is 6.26. The highest BCUT2D eigenvalue weighted by Gasteiger charge is 2.37. The molecular formula is C12H9BrClNO2. The summed E-state index contributed by atoms with van der Waals surface area (Å²) in [4.78, 5) is 25.1. The zero-order valence-corrected chi connectivity index (χ0v) is 11.2. The van der Waals surface area contributed by atoms with Crippen LogP contribution in [0.2, 0.25) is 0 Å². The van der Waals surface area contributed by atoms with Crippen molar-refractivity contribution in [3.8, 4) is 0 Å². The van der Waals surface area contributed by atoms with Crippen LogP contribution < -0.4 is 4.90 Å². The second-order valence-electron chi connectivity index (χ2n) is 3.74. The molecule has 0 saturated carbocycles. The highest BCUT2D eigenvalue weighted by Crippen LogP contribution is 2.34. The monoisotopic (exact) mass is 313 g/mol. The first-order valence-electron chi connectivity index (χ1n) is 4.93. The standard InChI is InChI=1S/C12H9BrClNO2/c1-7(5-14)6-15-9-4-2-3-8(13)10(9)11(16)12(15)17/h2-4H,1,5-6H2. The molecule has 0 saturated heterocycles. The van der Waals surface area contributed by atoms with E-state index in [0.717, 1.165) is 0 Å². The second kappa shape index (κ2) is 4.63. The third-order valence-electron chi connectivity index (χ3n) is 2.52. The van der Waals surface area contributed by atoms with E-state index in [1.807, 2.05) is 0 Å². The Kier molecular flexibility index (Phi) is 3.35. The molecule has 88 valence electrons. The van der Waals surface area contributed by atoms with Crippen molar-refractivity contribution in [2.24, 2.45) is 0 Å². The maximum Gasteiger partial charge on any atom is 0.299 e. The largest absolute Gasteiger partial charge is 0.301 e. The molecule has 3 nitrogen and oxygen atoms in total. The third-order valence-corrected chi connectivity index (χ3v) is 3.56. The molecule has 0 spiro atoms. The molecule has 0 radical (unpaired) electrons. The Morgan fingerprint density at radius 3 is 2.76 bits per heavy atom. The van der Waals surface area contributed by atoms with Gasteiger partial charge in [-0.25, -0.2) is 0 Å². The first kappa shape index (κ1) is 12.3. The lowest BCUT2D eigenvalue weighted by molar-refractivity contribution is -0.114. The van der Waals surface area contributed by atoms with Crippen molar-refractivity contribution in [3.63, 3.8) is 0 Å². The number of rotatable bonds is 3. The number of hydrogen-bond donors (Lipinski definition) is 0. The summed E-state index contributed by atoms with van der Waals surface area (Å²) < 4.78 is 0.632. The number of fused-ring (bicyclic) bond motifs is 1. The lowest BCUT2D eigenvalue weighted by Gasteiger charge is -2.16. The first-order chi connectivity index (χ1) is 8.06. The SMILES string of the molecule is C=C(CCl)CN1C(=O)C(=O)c2c(Br)cccc21. The summed E-state index contributed by atoms with van der Waals surface area (Å²) in [6.45, 7) is 4.02. The van der Waals surface area contributed by atoms with Gasteiger partial charge in [-0.15, -0.1) is 11.6 Å². The second-order valence-corrected chi connectivity index (χ2v) is 4.86. The number of Topliss-reactive ketones (excluding diaryl/α,β-unsaturated/α-hetero) is 1. The van der Waals surface area contributed by atoms with Crippen LogP contribution in [0.15, 0.2) is 34.8 Å². The zero-order chi connectivity index (χ0) is 12.6. The molecule has 0 atom stereocenters. The quantitative estimate of drug-likeness (QED) is 0.489. The molecule has 17 heavy (non-hydrogen) atoms. The van der Waals surface area contributed by atoms with E-state index in [0.29, 0.717) is 21.3 Å². The van der Waals surface area contributed by atoms with E-state index >= 15 is 0 Å². The number of anilines is 1. The molecular weight excluding hydrogens is 305 g/mol. The predicted octanol–water partition coefficient (Wildman–Crippen LogP) is 2.77. The van der Waals surface area contributed by atoms with Crippen LogP contribution in [0, 0.1) is 0 Å². The smallest absolute Gasteiger partial charge is 0.299 e. The molecule has 1 aliphatic heterocycles. The summed E-state index contributed by atoms with van der Waals surface area (Å²) in [6.07, 6.45) is 0. The van der Waals surface area contributed by atoms with Gasteiger partial charge in [-0.2, -0.15) is 0 Å². The van der Waals surface area contributed by atoms with Gasteiger partial charge in [-0.05, 0) is 33.6 Å². The highest BCUT2D eigenvalue weighted by molar-refractivity contribution is 9.10. The van der Waals surface area contributed by atoms with Crippen LogP contribution in [0.5, 0.6) is 0 Å². The van der Waals surface area contributed by atoms with Crippen LogP contribution in [0.3, 0.4) is 0 Å². The number of benzene rings is 1. The average Bonchev–Trinajstić information content (AvgIpc) is 2.55. The Hall–Kier alpha value is -1.13. The minimum Gasteiger partial charge on any atom is -0.301 e. The van der Waals surface area contributed by atoms with Crippen LogP contribution in [-0.2, 0) is 4.79 Å². The zero-order valence-electron chi connectivity index (χ0n) is 8.87. The van der Waals surface area contributed by atoms with E-state index in [-0.39, 0.29) is 12.4 Å². The van der Waals surface area contributed by atoms with Gasteiger partial charge in [-0.1, -0.05) is 12.6 Å². The minimum absolute atomic E-state index is 0.265. The summed E-state index contributed by atoms with van der Waals surface area (Å²) in [7, 11) is 0. The molecule has 1 amide bonds. The molecule has 0 bridgehead atoms. The van der Waals surface area contributed by atoms with Crippen molar-refractivity contribution in [2.75, 3.05) is 17.3 Å². The van der Waals surface area contributed by atoms with Gasteiger partial charge in [0.1, 0.15) is 0 Å². The van der Waals surface area contributed by atoms with Crippen LogP contribution in [0.1, 0.15) is 10.4 Å². The number of halogens is 2. The normalized spacial score (nSPS) is 14.1. The van der Waals surface area contributed by atoms with E-state index in [1.165, 1.54) is 4.90 Å². The van der Waals surface area contributed by atoms with E-state index in [1.54, 1.807) is 18.2 Å². The van der Waals surface area contributed by atoms with Crippen LogP contribution in [0.4, 0.5) is 5.69 Å². The van der Waals surface area contributed by atoms with Crippen LogP contribution >= 0.6 is 27.5 Å². The summed E-state index contributed by atoms with van der Waals surface area (Å²) in [5.74, 6) is -0.755. The van der Waals surface area contributed by atoms with E-state index < -0.39 is 11.7 Å². The predicted molar refractivity (Wildman–Crippen MR) is 70.7 cm³/mol. The molecule has 1 aromatic carbocycles. The van der Waals surface area contributed by atoms with E-state index in [9.17, 15) is 9.59 Å². The summed E-state index contributed by atoms with van der Waals surface area (Å²) in [6, 6.07) is 5.26. The maximum atomic E-state index is 11.8. The van der Waals surface area contributed by atoms with E-state index in [4.69, 9.17) is 11.6 Å². The molecule has 1 aliphatic rings.